The summed E-state index contributed by atoms with van der Waals surface area (Å²) in [6.07, 6.45) is 13.6. The average molecular weight is 192 g/mol. The van der Waals surface area contributed by atoms with Crippen LogP contribution in [0, 0.1) is 5.92 Å². The molecule has 0 amide bonds. The predicted octanol–water partition coefficient (Wildman–Crippen LogP) is 3.45. The van der Waals surface area contributed by atoms with Gasteiger partial charge in [0, 0.05) is 5.92 Å². The number of ether oxygens (including phenoxy) is 1. The van der Waals surface area contributed by atoms with Crippen molar-refractivity contribution in [1.29, 1.82) is 0 Å². The third-order valence-electron chi connectivity index (χ3n) is 4.27. The molecule has 1 nitrogen and oxygen atoms in total. The topological polar surface area (TPSA) is 12.5 Å². The molecule has 0 radical (unpaired) electrons. The number of epoxide rings is 1. The van der Waals surface area contributed by atoms with Crippen molar-refractivity contribution in [2.75, 3.05) is 6.61 Å². The van der Waals surface area contributed by atoms with Gasteiger partial charge in [-0.3, -0.25) is 0 Å². The maximum atomic E-state index is 5.76. The van der Waals surface area contributed by atoms with Crippen molar-refractivity contribution in [2.45, 2.75) is 57.0 Å². The fraction of sp³-hybridized carbons (Fsp3) is 0.846. The van der Waals surface area contributed by atoms with Gasteiger partial charge in [-0.1, -0.05) is 24.5 Å². The standard InChI is InChI=1S/C13H20O/c1-2-6-11(7-3-1)12-8-4-5-9-13(12)10-14-13/h6,12H,1-5,7-10H2/t12-,13-/m0/s1. The van der Waals surface area contributed by atoms with Crippen molar-refractivity contribution in [3.8, 4) is 0 Å². The Hall–Kier alpha value is -0.300. The van der Waals surface area contributed by atoms with Crippen molar-refractivity contribution < 1.29 is 4.74 Å². The van der Waals surface area contributed by atoms with Crippen LogP contribution in [-0.4, -0.2) is 12.2 Å². The first kappa shape index (κ1) is 8.96. The summed E-state index contributed by atoms with van der Waals surface area (Å²) >= 11 is 0. The van der Waals surface area contributed by atoms with Crippen LogP contribution in [0.1, 0.15) is 51.4 Å². The smallest absolute Gasteiger partial charge is 0.0981 e. The summed E-state index contributed by atoms with van der Waals surface area (Å²) in [6.45, 7) is 1.05. The van der Waals surface area contributed by atoms with Gasteiger partial charge in [0.05, 0.1) is 12.2 Å². The molecule has 1 saturated carbocycles. The summed E-state index contributed by atoms with van der Waals surface area (Å²) in [5.41, 5.74) is 2.08. The fourth-order valence-corrected chi connectivity index (χ4v) is 3.35. The molecule has 2 aliphatic carbocycles. The Kier molecular flexibility index (Phi) is 2.16. The highest BCUT2D eigenvalue weighted by Gasteiger charge is 2.53. The Morgan fingerprint density at radius 2 is 2.14 bits per heavy atom. The van der Waals surface area contributed by atoms with Crippen LogP contribution in [0.4, 0.5) is 0 Å². The van der Waals surface area contributed by atoms with Gasteiger partial charge in [0.1, 0.15) is 0 Å². The molecule has 78 valence electrons. The molecule has 1 saturated heterocycles. The third kappa shape index (κ3) is 1.42. The average Bonchev–Trinajstić information content (AvgIpc) is 3.01. The van der Waals surface area contributed by atoms with E-state index in [1.807, 2.05) is 0 Å². The lowest BCUT2D eigenvalue weighted by molar-refractivity contribution is 0.178. The van der Waals surface area contributed by atoms with Gasteiger partial charge in [-0.05, 0) is 38.5 Å². The predicted molar refractivity (Wildman–Crippen MR) is 57.2 cm³/mol. The molecule has 1 heteroatoms. The fourth-order valence-electron chi connectivity index (χ4n) is 3.35. The van der Waals surface area contributed by atoms with Gasteiger partial charge in [0.25, 0.3) is 0 Å². The molecule has 1 spiro atoms. The minimum absolute atomic E-state index is 0.335. The summed E-state index contributed by atoms with van der Waals surface area (Å²) < 4.78 is 5.76. The van der Waals surface area contributed by atoms with Crippen molar-refractivity contribution >= 4 is 0 Å². The number of hydrogen-bond donors (Lipinski definition) is 0. The Morgan fingerprint density at radius 1 is 1.21 bits per heavy atom. The van der Waals surface area contributed by atoms with E-state index >= 15 is 0 Å². The Labute approximate surface area is 86.5 Å². The van der Waals surface area contributed by atoms with Gasteiger partial charge in [0.2, 0.25) is 0 Å². The lowest BCUT2D eigenvalue weighted by Gasteiger charge is -2.32. The molecule has 0 aromatic heterocycles. The van der Waals surface area contributed by atoms with Crippen molar-refractivity contribution in [3.05, 3.63) is 11.6 Å². The van der Waals surface area contributed by atoms with Crippen molar-refractivity contribution in [2.24, 2.45) is 5.92 Å². The number of rotatable bonds is 1. The van der Waals surface area contributed by atoms with Gasteiger partial charge in [0.15, 0.2) is 0 Å². The van der Waals surface area contributed by atoms with Gasteiger partial charge >= 0.3 is 0 Å². The van der Waals surface area contributed by atoms with Crippen LogP contribution in [0.15, 0.2) is 11.6 Å². The number of allylic oxidation sites excluding steroid dienone is 1. The van der Waals surface area contributed by atoms with Crippen LogP contribution in [0.2, 0.25) is 0 Å². The molecule has 2 fully saturated rings. The van der Waals surface area contributed by atoms with E-state index in [1.54, 1.807) is 5.57 Å². The molecule has 3 rings (SSSR count). The first-order chi connectivity index (χ1) is 6.91. The van der Waals surface area contributed by atoms with Crippen LogP contribution >= 0.6 is 0 Å². The van der Waals surface area contributed by atoms with Crippen molar-refractivity contribution in [3.63, 3.8) is 0 Å². The normalized spacial score (nSPS) is 42.3. The Balaban J connectivity index is 1.78. The summed E-state index contributed by atoms with van der Waals surface area (Å²) in [4.78, 5) is 0. The van der Waals surface area contributed by atoms with Crippen LogP contribution in [0.5, 0.6) is 0 Å². The molecule has 1 aliphatic heterocycles. The van der Waals surface area contributed by atoms with E-state index in [9.17, 15) is 0 Å². The molecule has 0 aromatic carbocycles. The molecule has 0 aromatic rings. The first-order valence-electron chi connectivity index (χ1n) is 6.24. The molecular weight excluding hydrogens is 172 g/mol. The van der Waals surface area contributed by atoms with E-state index in [-0.39, 0.29) is 0 Å². The minimum Gasteiger partial charge on any atom is -0.369 e. The van der Waals surface area contributed by atoms with E-state index in [0.717, 1.165) is 12.5 Å². The largest absolute Gasteiger partial charge is 0.369 e. The summed E-state index contributed by atoms with van der Waals surface area (Å²) in [7, 11) is 0. The minimum atomic E-state index is 0.335. The third-order valence-corrected chi connectivity index (χ3v) is 4.27. The second-order valence-electron chi connectivity index (χ2n) is 5.18. The highest BCUT2D eigenvalue weighted by molar-refractivity contribution is 5.19. The highest BCUT2D eigenvalue weighted by Crippen LogP contribution is 2.50. The highest BCUT2D eigenvalue weighted by atomic mass is 16.6. The van der Waals surface area contributed by atoms with Crippen LogP contribution in [-0.2, 0) is 4.74 Å². The van der Waals surface area contributed by atoms with E-state index in [2.05, 4.69) is 6.08 Å². The Bertz CT molecular complexity index is 250. The van der Waals surface area contributed by atoms with E-state index in [4.69, 9.17) is 4.74 Å². The summed E-state index contributed by atoms with van der Waals surface area (Å²) in [6, 6.07) is 0. The maximum absolute atomic E-state index is 5.76. The van der Waals surface area contributed by atoms with E-state index in [1.165, 1.54) is 51.4 Å². The van der Waals surface area contributed by atoms with Gasteiger partial charge in [-0.25, -0.2) is 0 Å². The monoisotopic (exact) mass is 192 g/mol. The molecule has 0 unspecified atom stereocenters. The van der Waals surface area contributed by atoms with Gasteiger partial charge in [-0.2, -0.15) is 0 Å². The molecule has 1 heterocycles. The zero-order valence-electron chi connectivity index (χ0n) is 8.93. The lowest BCUT2D eigenvalue weighted by atomic mass is 9.72. The van der Waals surface area contributed by atoms with Gasteiger partial charge < -0.3 is 4.74 Å². The SMILES string of the molecule is C1=C([C@@H]2CCCC[C@]23CO3)CCCC1. The van der Waals surface area contributed by atoms with Gasteiger partial charge in [-0.15, -0.1) is 0 Å². The maximum Gasteiger partial charge on any atom is 0.0981 e. The zero-order valence-corrected chi connectivity index (χ0v) is 8.93. The zero-order chi connectivity index (χ0) is 9.43. The first-order valence-corrected chi connectivity index (χ1v) is 6.24. The molecule has 14 heavy (non-hydrogen) atoms. The van der Waals surface area contributed by atoms with Crippen LogP contribution in [0.3, 0.4) is 0 Å². The van der Waals surface area contributed by atoms with Crippen LogP contribution < -0.4 is 0 Å². The second-order valence-corrected chi connectivity index (χ2v) is 5.18. The number of hydrogen-bond acceptors (Lipinski definition) is 1. The molecular formula is C13H20O. The summed E-state index contributed by atoms with van der Waals surface area (Å²) in [5, 5.41) is 0. The van der Waals surface area contributed by atoms with E-state index in [0.29, 0.717) is 5.60 Å². The Morgan fingerprint density at radius 3 is 2.86 bits per heavy atom. The van der Waals surface area contributed by atoms with E-state index < -0.39 is 0 Å². The quantitative estimate of drug-likeness (QED) is 0.458. The molecule has 0 bridgehead atoms. The molecule has 2 atom stereocenters. The van der Waals surface area contributed by atoms with Crippen molar-refractivity contribution in [1.82, 2.24) is 0 Å². The molecule has 3 aliphatic rings. The van der Waals surface area contributed by atoms with Crippen LogP contribution in [0.25, 0.3) is 0 Å². The molecule has 0 N–H and O–H groups in total. The summed E-state index contributed by atoms with van der Waals surface area (Å²) in [5.74, 6) is 0.802. The second kappa shape index (κ2) is 3.37. The lowest BCUT2D eigenvalue weighted by Crippen LogP contribution is -2.30.